The Morgan fingerprint density at radius 2 is 1.48 bits per heavy atom. The number of nitrogens with zero attached hydrogens (tertiary/aromatic N) is 3. The van der Waals surface area contributed by atoms with Gasteiger partial charge < -0.3 is 24.6 Å². The Labute approximate surface area is 246 Å². The number of aliphatic carboxylic acids is 2. The number of hydrogen-bond donors (Lipinski definition) is 3. The Hall–Kier alpha value is -4.83. The highest BCUT2D eigenvalue weighted by molar-refractivity contribution is 5.77. The van der Waals surface area contributed by atoms with Gasteiger partial charge in [-0.05, 0) is 48.7 Å². The van der Waals surface area contributed by atoms with E-state index in [0.29, 0.717) is 31.8 Å². The number of carbonyl (C=O) groups excluding carboxylic acids is 1. The molecule has 0 saturated carbocycles. The van der Waals surface area contributed by atoms with Crippen molar-refractivity contribution in [2.45, 2.75) is 38.0 Å². The summed E-state index contributed by atoms with van der Waals surface area (Å²) in [5.41, 5.74) is 5.40. The number of H-pyrrole nitrogens is 1. The minimum Gasteiger partial charge on any atom is -0.497 e. The summed E-state index contributed by atoms with van der Waals surface area (Å²) in [6, 6.07) is 11.7. The highest BCUT2D eigenvalue weighted by Gasteiger charge is 2.38. The summed E-state index contributed by atoms with van der Waals surface area (Å²) in [6.07, 6.45) is -5.72. The summed E-state index contributed by atoms with van der Waals surface area (Å²) in [5.74, 6) is -3.94. The van der Waals surface area contributed by atoms with Gasteiger partial charge in [-0.25, -0.2) is 14.6 Å². The van der Waals surface area contributed by atoms with Crippen LogP contribution in [0, 0.1) is 0 Å². The number of hydrogen-bond acceptors (Lipinski definition) is 7. The number of carboxylic acids is 2. The van der Waals surface area contributed by atoms with Crippen LogP contribution in [0.25, 0.3) is 11.3 Å². The first-order chi connectivity index (χ1) is 20.6. The molecule has 11 nitrogen and oxygen atoms in total. The van der Waals surface area contributed by atoms with Crippen LogP contribution in [0.2, 0.25) is 0 Å². The fourth-order valence-corrected chi connectivity index (χ4v) is 3.85. The second-order valence-electron chi connectivity index (χ2n) is 8.95. The van der Waals surface area contributed by atoms with Gasteiger partial charge in [-0.15, -0.1) is 0 Å². The van der Waals surface area contributed by atoms with Gasteiger partial charge in [0.25, 0.3) is 0 Å². The normalized spacial score (nSPS) is 12.8. The first-order valence-electron chi connectivity index (χ1n) is 12.6. The number of aryl methyl sites for hydroxylation is 1. The molecule has 0 aliphatic carbocycles. The van der Waals surface area contributed by atoms with Crippen LogP contribution in [-0.4, -0.2) is 87.8 Å². The quantitative estimate of drug-likeness (QED) is 0.337. The van der Waals surface area contributed by atoms with Gasteiger partial charge in [-0.2, -0.15) is 31.4 Å². The Balaban J connectivity index is 0.000000402. The number of fused-ring (bicyclic) bond motifs is 1. The van der Waals surface area contributed by atoms with Crippen molar-refractivity contribution in [3.63, 3.8) is 0 Å². The Morgan fingerprint density at radius 1 is 0.909 bits per heavy atom. The molecule has 0 unspecified atom stereocenters. The molecular weight excluding hydrogens is 606 g/mol. The molecule has 0 radical (unpaired) electrons. The number of methoxy groups -OCH3 is 2. The van der Waals surface area contributed by atoms with Crippen LogP contribution in [0.4, 0.5) is 26.3 Å². The summed E-state index contributed by atoms with van der Waals surface area (Å²) < 4.78 is 73.9. The maximum absolute atomic E-state index is 12.8. The van der Waals surface area contributed by atoms with Crippen molar-refractivity contribution in [2.75, 3.05) is 27.3 Å². The predicted molar refractivity (Wildman–Crippen MR) is 141 cm³/mol. The highest BCUT2D eigenvalue weighted by Crippen LogP contribution is 2.28. The van der Waals surface area contributed by atoms with Crippen LogP contribution in [0.5, 0.6) is 11.6 Å². The van der Waals surface area contributed by atoms with Crippen LogP contribution in [0.1, 0.15) is 23.2 Å². The van der Waals surface area contributed by atoms with Crippen LogP contribution in [0.15, 0.2) is 42.6 Å². The zero-order chi connectivity index (χ0) is 33.1. The molecule has 0 atom stereocenters. The van der Waals surface area contributed by atoms with E-state index in [-0.39, 0.29) is 5.91 Å². The molecule has 4 rings (SSSR count). The van der Waals surface area contributed by atoms with Gasteiger partial charge >= 0.3 is 24.3 Å². The first kappa shape index (κ1) is 35.4. The number of benzene rings is 1. The SMILES string of the molecule is COc1ccc(-c2n[nH]c3c2CCN(C(=O)CCc2ccnc(OC)c2)CC3)cc1.O=C(O)C(F)(F)F.O=C(O)C(F)(F)F. The van der Waals surface area contributed by atoms with Crippen LogP contribution in [-0.2, 0) is 33.6 Å². The average molecular weight is 635 g/mol. The van der Waals surface area contributed by atoms with E-state index < -0.39 is 24.3 Å². The second kappa shape index (κ2) is 15.6. The number of aromatic nitrogens is 3. The van der Waals surface area contributed by atoms with E-state index in [0.717, 1.165) is 41.1 Å². The molecule has 1 aliphatic rings. The number of halogens is 6. The lowest BCUT2D eigenvalue weighted by atomic mass is 10.0. The summed E-state index contributed by atoms with van der Waals surface area (Å²) in [5, 5.41) is 22.0. The van der Waals surface area contributed by atoms with Crippen molar-refractivity contribution in [1.82, 2.24) is 20.1 Å². The fourth-order valence-electron chi connectivity index (χ4n) is 3.85. The van der Waals surface area contributed by atoms with E-state index in [1.165, 1.54) is 5.56 Å². The van der Waals surface area contributed by atoms with Crippen molar-refractivity contribution in [3.05, 3.63) is 59.4 Å². The van der Waals surface area contributed by atoms with Gasteiger partial charge in [0.05, 0.1) is 19.9 Å². The average Bonchev–Trinajstić information content (AvgIpc) is 3.26. The highest BCUT2D eigenvalue weighted by atomic mass is 19.4. The summed E-state index contributed by atoms with van der Waals surface area (Å²) in [6.45, 7) is 1.41. The van der Waals surface area contributed by atoms with Crippen molar-refractivity contribution in [3.8, 4) is 22.9 Å². The number of ether oxygens (including phenoxy) is 2. The predicted octanol–water partition coefficient (Wildman–Crippen LogP) is 4.32. The largest absolute Gasteiger partial charge is 0.497 e. The lowest BCUT2D eigenvalue weighted by Crippen LogP contribution is -2.33. The van der Waals surface area contributed by atoms with Crippen molar-refractivity contribution < 1.29 is 60.4 Å². The molecule has 1 amide bonds. The van der Waals surface area contributed by atoms with Gasteiger partial charge in [0.15, 0.2) is 0 Å². The summed E-state index contributed by atoms with van der Waals surface area (Å²) in [4.78, 5) is 36.7. The minimum atomic E-state index is -5.08. The van der Waals surface area contributed by atoms with Gasteiger partial charge in [-0.1, -0.05) is 0 Å². The maximum Gasteiger partial charge on any atom is 0.490 e. The third-order valence-corrected chi connectivity index (χ3v) is 6.05. The molecule has 1 aliphatic heterocycles. The van der Waals surface area contributed by atoms with E-state index in [1.54, 1.807) is 20.4 Å². The molecular formula is C27H28F6N4O7. The molecule has 1 aromatic carbocycles. The zero-order valence-electron chi connectivity index (χ0n) is 23.3. The van der Waals surface area contributed by atoms with E-state index in [4.69, 9.17) is 29.3 Å². The number of carboxylic acid groups (broad SMARTS) is 2. The zero-order valence-corrected chi connectivity index (χ0v) is 23.3. The van der Waals surface area contributed by atoms with Gasteiger partial charge in [0, 0.05) is 55.0 Å². The maximum atomic E-state index is 12.8. The van der Waals surface area contributed by atoms with E-state index >= 15 is 0 Å². The number of amides is 1. The molecule has 3 aromatic rings. The van der Waals surface area contributed by atoms with Gasteiger partial charge in [0.1, 0.15) is 5.75 Å². The van der Waals surface area contributed by atoms with Crippen LogP contribution in [0.3, 0.4) is 0 Å². The molecule has 240 valence electrons. The van der Waals surface area contributed by atoms with E-state index in [2.05, 4.69) is 15.2 Å². The molecule has 0 saturated heterocycles. The Kier molecular flexibility index (Phi) is 12.5. The van der Waals surface area contributed by atoms with E-state index in [9.17, 15) is 31.1 Å². The van der Waals surface area contributed by atoms with Crippen LogP contribution >= 0.6 is 0 Å². The molecule has 44 heavy (non-hydrogen) atoms. The smallest absolute Gasteiger partial charge is 0.490 e. The van der Waals surface area contributed by atoms with Crippen molar-refractivity contribution in [2.24, 2.45) is 0 Å². The first-order valence-corrected chi connectivity index (χ1v) is 12.6. The van der Waals surface area contributed by atoms with Gasteiger partial charge in [0.2, 0.25) is 11.8 Å². The summed E-state index contributed by atoms with van der Waals surface area (Å²) in [7, 11) is 3.25. The number of aromatic amines is 1. The topological polar surface area (TPSA) is 155 Å². The monoisotopic (exact) mass is 634 g/mol. The lowest BCUT2D eigenvalue weighted by molar-refractivity contribution is -0.193. The lowest BCUT2D eigenvalue weighted by Gasteiger charge is -2.20. The molecule has 3 heterocycles. The number of carbonyl (C=O) groups is 3. The number of alkyl halides is 6. The fraction of sp³-hybridized carbons (Fsp3) is 0.370. The van der Waals surface area contributed by atoms with Gasteiger partial charge in [-0.3, -0.25) is 9.89 Å². The standard InChI is InChI=1S/C23H26N4O3.2C2HF3O2/c1-29-18-6-4-17(5-7-18)23-19-10-13-27(14-11-20(19)25-26-23)22(28)8-3-16-9-12-24-21(15-16)30-2;2*3-2(4,5)1(6)7/h4-7,9,12,15H,3,8,10-11,13-14H2,1-2H3,(H,25,26);2*(H,6,7). The Bertz CT molecular complexity index is 1380. The number of nitrogens with one attached hydrogen (secondary N) is 1. The number of pyridine rings is 1. The molecule has 17 heteroatoms. The second-order valence-corrected chi connectivity index (χ2v) is 8.95. The molecule has 0 fully saturated rings. The third kappa shape index (κ3) is 10.8. The Morgan fingerprint density at radius 3 is 2.00 bits per heavy atom. The van der Waals surface area contributed by atoms with Crippen LogP contribution < -0.4 is 9.47 Å². The van der Waals surface area contributed by atoms with E-state index in [1.807, 2.05) is 41.3 Å². The molecule has 0 bridgehead atoms. The number of rotatable bonds is 6. The van der Waals surface area contributed by atoms with Crippen molar-refractivity contribution >= 4 is 17.8 Å². The molecule has 0 spiro atoms. The summed E-state index contributed by atoms with van der Waals surface area (Å²) >= 11 is 0. The molecule has 2 aromatic heterocycles. The minimum absolute atomic E-state index is 0.176. The molecule has 3 N–H and O–H groups in total. The van der Waals surface area contributed by atoms with Crippen molar-refractivity contribution in [1.29, 1.82) is 0 Å². The third-order valence-electron chi connectivity index (χ3n) is 6.05.